The van der Waals surface area contributed by atoms with Crippen LogP contribution in [0.2, 0.25) is 0 Å². The van der Waals surface area contributed by atoms with E-state index in [0.29, 0.717) is 17.2 Å². The van der Waals surface area contributed by atoms with Crippen LogP contribution in [0.3, 0.4) is 0 Å². The minimum Gasteiger partial charge on any atom is -0.496 e. The molecule has 0 aromatic heterocycles. The first-order valence-electron chi connectivity index (χ1n) is 8.27. The molecule has 3 rings (SSSR count). The number of carbonyl (C=O) groups excluding carboxylic acids is 1. The summed E-state index contributed by atoms with van der Waals surface area (Å²) in [7, 11) is 1.65. The molecule has 0 saturated carbocycles. The van der Waals surface area contributed by atoms with Gasteiger partial charge in [0.15, 0.2) is 17.5 Å². The van der Waals surface area contributed by atoms with Crippen LogP contribution >= 0.6 is 0 Å². The van der Waals surface area contributed by atoms with Crippen molar-refractivity contribution in [1.29, 1.82) is 0 Å². The zero-order valence-corrected chi connectivity index (χ0v) is 14.6. The minimum absolute atomic E-state index is 0.0689. The van der Waals surface area contributed by atoms with Gasteiger partial charge in [-0.15, -0.1) is 0 Å². The van der Waals surface area contributed by atoms with Crippen molar-refractivity contribution in [2.24, 2.45) is 0 Å². The van der Waals surface area contributed by atoms with E-state index in [1.165, 1.54) is 0 Å². The van der Waals surface area contributed by atoms with Crippen LogP contribution in [0.15, 0.2) is 42.5 Å². The van der Waals surface area contributed by atoms with Crippen molar-refractivity contribution < 1.29 is 24.3 Å². The number of benzene rings is 2. The first-order valence-corrected chi connectivity index (χ1v) is 8.27. The minimum atomic E-state index is -0.259. The summed E-state index contributed by atoms with van der Waals surface area (Å²) in [6.45, 7) is 4.16. The number of amides is 1. The maximum Gasteiger partial charge on any atom is 0.282 e. The molecule has 0 radical (unpaired) electrons. The van der Waals surface area contributed by atoms with E-state index in [1.54, 1.807) is 19.2 Å². The molecule has 2 aromatic rings. The quantitative estimate of drug-likeness (QED) is 0.842. The Morgan fingerprint density at radius 3 is 2.72 bits per heavy atom. The molecule has 1 aliphatic rings. The first kappa shape index (κ1) is 17.1. The second-order valence-corrected chi connectivity index (χ2v) is 6.07. The van der Waals surface area contributed by atoms with E-state index < -0.39 is 0 Å². The largest absolute Gasteiger partial charge is 0.496 e. The molecule has 1 aliphatic heterocycles. The molecule has 0 bridgehead atoms. The van der Waals surface area contributed by atoms with Crippen molar-refractivity contribution in [2.75, 3.05) is 19.2 Å². The SMILES string of the molecule is COc1ccccc1[C@@H](C)[NH2+][C@@H](C)C(=O)Nc1ccc2c(c1)OCO2. The lowest BCUT2D eigenvalue weighted by molar-refractivity contribution is -0.709. The van der Waals surface area contributed by atoms with E-state index >= 15 is 0 Å². The summed E-state index contributed by atoms with van der Waals surface area (Å²) in [5.41, 5.74) is 1.76. The third kappa shape index (κ3) is 3.85. The van der Waals surface area contributed by atoms with E-state index in [0.717, 1.165) is 11.3 Å². The van der Waals surface area contributed by atoms with Crippen LogP contribution in [0.25, 0.3) is 0 Å². The Morgan fingerprint density at radius 2 is 1.92 bits per heavy atom. The highest BCUT2D eigenvalue weighted by molar-refractivity contribution is 5.93. The Bertz CT molecular complexity index is 763. The average Bonchev–Trinajstić information content (AvgIpc) is 3.09. The smallest absolute Gasteiger partial charge is 0.282 e. The monoisotopic (exact) mass is 343 g/mol. The van der Waals surface area contributed by atoms with Crippen LogP contribution < -0.4 is 24.8 Å². The summed E-state index contributed by atoms with van der Waals surface area (Å²) < 4.78 is 16.0. The van der Waals surface area contributed by atoms with Gasteiger partial charge in [0, 0.05) is 11.8 Å². The average molecular weight is 343 g/mol. The molecule has 3 N–H and O–H groups in total. The molecule has 6 heteroatoms. The molecule has 0 unspecified atom stereocenters. The van der Waals surface area contributed by atoms with Crippen LogP contribution in [0, 0.1) is 0 Å². The number of anilines is 1. The van der Waals surface area contributed by atoms with Crippen molar-refractivity contribution >= 4 is 11.6 Å². The summed E-state index contributed by atoms with van der Waals surface area (Å²) in [5, 5.41) is 4.93. The van der Waals surface area contributed by atoms with Gasteiger partial charge < -0.3 is 24.8 Å². The van der Waals surface area contributed by atoms with Crippen molar-refractivity contribution in [1.82, 2.24) is 0 Å². The number of ether oxygens (including phenoxy) is 3. The maximum atomic E-state index is 12.5. The number of quaternary nitrogens is 1. The van der Waals surface area contributed by atoms with Gasteiger partial charge in [-0.2, -0.15) is 0 Å². The number of methoxy groups -OCH3 is 1. The lowest BCUT2D eigenvalue weighted by atomic mass is 10.1. The molecule has 0 spiro atoms. The van der Waals surface area contributed by atoms with Crippen LogP contribution in [0.5, 0.6) is 17.2 Å². The van der Waals surface area contributed by atoms with Gasteiger partial charge in [-0.1, -0.05) is 12.1 Å². The molecule has 25 heavy (non-hydrogen) atoms. The van der Waals surface area contributed by atoms with Gasteiger partial charge in [-0.05, 0) is 38.1 Å². The van der Waals surface area contributed by atoms with Gasteiger partial charge in [0.05, 0.1) is 12.7 Å². The fourth-order valence-corrected chi connectivity index (χ4v) is 2.90. The van der Waals surface area contributed by atoms with E-state index in [9.17, 15) is 4.79 Å². The Kier molecular flexibility index (Phi) is 5.09. The number of nitrogens with two attached hydrogens (primary N) is 1. The fourth-order valence-electron chi connectivity index (χ4n) is 2.90. The number of fused-ring (bicyclic) bond motifs is 1. The molecule has 132 valence electrons. The fraction of sp³-hybridized carbons (Fsp3) is 0.316. The molecule has 0 saturated heterocycles. The van der Waals surface area contributed by atoms with E-state index in [4.69, 9.17) is 14.2 Å². The van der Waals surface area contributed by atoms with Gasteiger partial charge in [0.25, 0.3) is 5.91 Å². The molecular weight excluding hydrogens is 320 g/mol. The molecule has 1 heterocycles. The lowest BCUT2D eigenvalue weighted by Crippen LogP contribution is -2.91. The van der Waals surface area contributed by atoms with Crippen molar-refractivity contribution in [3.05, 3.63) is 48.0 Å². The summed E-state index contributed by atoms with van der Waals surface area (Å²) in [4.78, 5) is 12.5. The highest BCUT2D eigenvalue weighted by atomic mass is 16.7. The maximum absolute atomic E-state index is 12.5. The van der Waals surface area contributed by atoms with E-state index in [1.807, 2.05) is 42.6 Å². The van der Waals surface area contributed by atoms with Crippen LogP contribution in [-0.4, -0.2) is 25.9 Å². The second kappa shape index (κ2) is 7.44. The summed E-state index contributed by atoms with van der Waals surface area (Å²) >= 11 is 0. The summed E-state index contributed by atoms with van der Waals surface area (Å²) in [6.07, 6.45) is 0. The van der Waals surface area contributed by atoms with Crippen LogP contribution in [-0.2, 0) is 4.79 Å². The predicted molar refractivity (Wildman–Crippen MR) is 94.0 cm³/mol. The molecule has 2 atom stereocenters. The number of hydrogen-bond donors (Lipinski definition) is 2. The van der Waals surface area contributed by atoms with Crippen molar-refractivity contribution in [3.8, 4) is 17.2 Å². The standard InChI is InChI=1S/C19H22N2O4/c1-12(15-6-4-5-7-16(15)23-3)20-13(2)19(22)21-14-8-9-17-18(10-14)25-11-24-17/h4-10,12-13,20H,11H2,1-3H3,(H,21,22)/p+1/t12-,13+/m1/s1. The van der Waals surface area contributed by atoms with Crippen LogP contribution in [0.1, 0.15) is 25.5 Å². The Labute approximate surface area is 147 Å². The molecule has 0 aliphatic carbocycles. The lowest BCUT2D eigenvalue weighted by Gasteiger charge is -2.18. The van der Waals surface area contributed by atoms with Gasteiger partial charge in [-0.3, -0.25) is 4.79 Å². The Morgan fingerprint density at radius 1 is 1.16 bits per heavy atom. The predicted octanol–water partition coefficient (Wildman–Crippen LogP) is 2.08. The van der Waals surface area contributed by atoms with E-state index in [2.05, 4.69) is 12.2 Å². The molecule has 2 aromatic carbocycles. The summed E-state index contributed by atoms with van der Waals surface area (Å²) in [6, 6.07) is 13.1. The zero-order chi connectivity index (χ0) is 17.8. The topological polar surface area (TPSA) is 73.4 Å². The number of carbonyl (C=O) groups is 1. The molecule has 6 nitrogen and oxygen atoms in total. The Hall–Kier alpha value is -2.73. The third-order valence-corrected chi connectivity index (χ3v) is 4.26. The third-order valence-electron chi connectivity index (χ3n) is 4.26. The number of rotatable bonds is 6. The van der Waals surface area contributed by atoms with Gasteiger partial charge in [-0.25, -0.2) is 0 Å². The second-order valence-electron chi connectivity index (χ2n) is 6.07. The number of para-hydroxylation sites is 1. The Balaban J connectivity index is 1.62. The zero-order valence-electron chi connectivity index (χ0n) is 14.6. The van der Waals surface area contributed by atoms with Gasteiger partial charge in [0.2, 0.25) is 6.79 Å². The van der Waals surface area contributed by atoms with Crippen molar-refractivity contribution in [2.45, 2.75) is 25.9 Å². The van der Waals surface area contributed by atoms with Crippen molar-refractivity contribution in [3.63, 3.8) is 0 Å². The molecular formula is C19H23N2O4+. The van der Waals surface area contributed by atoms with Gasteiger partial charge in [0.1, 0.15) is 11.8 Å². The highest BCUT2D eigenvalue weighted by Gasteiger charge is 2.23. The van der Waals surface area contributed by atoms with E-state index in [-0.39, 0.29) is 24.8 Å². The van der Waals surface area contributed by atoms with Crippen LogP contribution in [0.4, 0.5) is 5.69 Å². The normalized spacial score (nSPS) is 14.7. The highest BCUT2D eigenvalue weighted by Crippen LogP contribution is 2.34. The molecule has 0 fully saturated rings. The number of hydrogen-bond acceptors (Lipinski definition) is 4. The van der Waals surface area contributed by atoms with Gasteiger partial charge >= 0.3 is 0 Å². The first-order chi connectivity index (χ1) is 12.1. The number of nitrogens with one attached hydrogen (secondary N) is 1. The summed E-state index contributed by atoms with van der Waals surface area (Å²) in [5.74, 6) is 2.11. The molecule has 1 amide bonds.